The quantitative estimate of drug-likeness (QED) is 0.447. The zero-order valence-electron chi connectivity index (χ0n) is 14.6. The van der Waals surface area contributed by atoms with Gasteiger partial charge in [-0.15, -0.1) is 0 Å². The van der Waals surface area contributed by atoms with E-state index in [9.17, 15) is 31.1 Å². The van der Waals surface area contributed by atoms with Crippen molar-refractivity contribution in [3.8, 4) is 0 Å². The van der Waals surface area contributed by atoms with E-state index in [-0.39, 0.29) is 11.1 Å². The Morgan fingerprint density at radius 2 is 1.07 bits per heavy atom. The standard InChI is InChI=1S/C19H14Cl2F6O/c1-9(11-3-5-15(20)13(7-11)18(22,23)24)17(28)10(2)12-4-6-16(21)14(8-12)19(25,26)27/h3-10H,1-2H3. The first-order valence-corrected chi connectivity index (χ1v) is 8.76. The summed E-state index contributed by atoms with van der Waals surface area (Å²) in [4.78, 5) is 12.7. The second-order valence-corrected chi connectivity index (χ2v) is 7.13. The molecule has 2 rings (SSSR count). The molecule has 152 valence electrons. The van der Waals surface area contributed by atoms with Gasteiger partial charge in [0.15, 0.2) is 0 Å². The van der Waals surface area contributed by atoms with E-state index in [1.807, 2.05) is 0 Å². The first kappa shape index (κ1) is 22.6. The van der Waals surface area contributed by atoms with E-state index in [1.165, 1.54) is 26.0 Å². The fraction of sp³-hybridized carbons (Fsp3) is 0.316. The van der Waals surface area contributed by atoms with Gasteiger partial charge in [0.05, 0.1) is 21.2 Å². The maximum absolute atomic E-state index is 13.0. The molecule has 0 aliphatic heterocycles. The molecule has 9 heteroatoms. The van der Waals surface area contributed by atoms with Crippen LogP contribution in [0.4, 0.5) is 26.3 Å². The van der Waals surface area contributed by atoms with Crippen molar-refractivity contribution >= 4 is 29.0 Å². The van der Waals surface area contributed by atoms with E-state index >= 15 is 0 Å². The molecular weight excluding hydrogens is 429 g/mol. The summed E-state index contributed by atoms with van der Waals surface area (Å²) in [7, 11) is 0. The molecule has 0 radical (unpaired) electrons. The van der Waals surface area contributed by atoms with Gasteiger partial charge in [0.1, 0.15) is 5.78 Å². The van der Waals surface area contributed by atoms with Crippen molar-refractivity contribution in [1.82, 2.24) is 0 Å². The highest BCUT2D eigenvalue weighted by atomic mass is 35.5. The van der Waals surface area contributed by atoms with Gasteiger partial charge >= 0.3 is 12.4 Å². The second-order valence-electron chi connectivity index (χ2n) is 6.32. The molecule has 28 heavy (non-hydrogen) atoms. The number of halogens is 8. The van der Waals surface area contributed by atoms with E-state index in [2.05, 4.69) is 0 Å². The van der Waals surface area contributed by atoms with Crippen molar-refractivity contribution in [3.05, 3.63) is 68.7 Å². The van der Waals surface area contributed by atoms with Crippen LogP contribution in [0.2, 0.25) is 10.0 Å². The van der Waals surface area contributed by atoms with Crippen molar-refractivity contribution in [2.75, 3.05) is 0 Å². The molecule has 2 aromatic rings. The van der Waals surface area contributed by atoms with Crippen LogP contribution in [0.15, 0.2) is 36.4 Å². The van der Waals surface area contributed by atoms with Crippen LogP contribution in [0.25, 0.3) is 0 Å². The van der Waals surface area contributed by atoms with Crippen molar-refractivity contribution < 1.29 is 31.1 Å². The summed E-state index contributed by atoms with van der Waals surface area (Å²) in [5.74, 6) is -2.51. The molecule has 0 aromatic heterocycles. The monoisotopic (exact) mass is 442 g/mol. The summed E-state index contributed by atoms with van der Waals surface area (Å²) >= 11 is 11.1. The van der Waals surface area contributed by atoms with Crippen LogP contribution in [0.5, 0.6) is 0 Å². The largest absolute Gasteiger partial charge is 0.417 e. The zero-order chi connectivity index (χ0) is 21.4. The molecule has 0 spiro atoms. The zero-order valence-corrected chi connectivity index (χ0v) is 16.1. The molecule has 0 amide bonds. The molecular formula is C19H14Cl2F6O. The predicted octanol–water partition coefficient (Wildman–Crippen LogP) is 7.51. The van der Waals surface area contributed by atoms with Crippen LogP contribution in [0.3, 0.4) is 0 Å². The number of rotatable bonds is 4. The minimum absolute atomic E-state index is 0.0681. The van der Waals surface area contributed by atoms with Gasteiger partial charge in [-0.25, -0.2) is 0 Å². The Balaban J connectivity index is 2.36. The highest BCUT2D eigenvalue weighted by Gasteiger charge is 2.36. The third-order valence-electron chi connectivity index (χ3n) is 4.45. The van der Waals surface area contributed by atoms with Gasteiger partial charge in [0, 0.05) is 11.8 Å². The van der Waals surface area contributed by atoms with Crippen molar-refractivity contribution in [2.24, 2.45) is 0 Å². The van der Waals surface area contributed by atoms with Crippen molar-refractivity contribution in [3.63, 3.8) is 0 Å². The third kappa shape index (κ3) is 4.81. The number of carbonyl (C=O) groups is 1. The summed E-state index contributed by atoms with van der Waals surface area (Å²) in [5.41, 5.74) is -2.02. The molecule has 2 unspecified atom stereocenters. The molecule has 0 aliphatic carbocycles. The molecule has 0 saturated heterocycles. The van der Waals surface area contributed by atoms with Crippen LogP contribution in [-0.2, 0) is 17.1 Å². The Kier molecular flexibility index (Phi) is 6.40. The van der Waals surface area contributed by atoms with Gasteiger partial charge in [0.25, 0.3) is 0 Å². The lowest BCUT2D eigenvalue weighted by Gasteiger charge is -2.20. The molecule has 0 fully saturated rings. The molecule has 0 aliphatic rings. The molecule has 0 N–H and O–H groups in total. The number of alkyl halides is 6. The van der Waals surface area contributed by atoms with Crippen LogP contribution >= 0.6 is 23.2 Å². The van der Waals surface area contributed by atoms with E-state index < -0.39 is 51.1 Å². The lowest BCUT2D eigenvalue weighted by atomic mass is 9.85. The Morgan fingerprint density at radius 1 is 0.750 bits per heavy atom. The van der Waals surface area contributed by atoms with Gasteiger partial charge in [-0.2, -0.15) is 26.3 Å². The van der Waals surface area contributed by atoms with Crippen LogP contribution in [0.1, 0.15) is 47.9 Å². The van der Waals surface area contributed by atoms with Gasteiger partial charge in [-0.05, 0) is 35.4 Å². The fourth-order valence-electron chi connectivity index (χ4n) is 2.76. The van der Waals surface area contributed by atoms with Gasteiger partial charge in [-0.1, -0.05) is 49.2 Å². The van der Waals surface area contributed by atoms with Crippen molar-refractivity contribution in [2.45, 2.75) is 38.0 Å². The normalized spacial score (nSPS) is 14.6. The number of benzene rings is 2. The Morgan fingerprint density at radius 3 is 1.36 bits per heavy atom. The first-order valence-electron chi connectivity index (χ1n) is 8.00. The fourth-order valence-corrected chi connectivity index (χ4v) is 3.21. The number of Topliss-reactive ketones (excluding diaryl/α,β-unsaturated/α-hetero) is 1. The summed E-state index contributed by atoms with van der Waals surface area (Å²) < 4.78 is 78.1. The van der Waals surface area contributed by atoms with Crippen LogP contribution < -0.4 is 0 Å². The molecule has 2 aromatic carbocycles. The Bertz CT molecular complexity index is 817. The summed E-state index contributed by atoms with van der Waals surface area (Å²) in [6, 6.07) is 6.21. The first-order chi connectivity index (χ1) is 12.7. The van der Waals surface area contributed by atoms with E-state index in [0.717, 1.165) is 24.3 Å². The lowest BCUT2D eigenvalue weighted by Crippen LogP contribution is -2.18. The topological polar surface area (TPSA) is 17.1 Å². The molecule has 0 saturated carbocycles. The SMILES string of the molecule is CC(C(=O)C(C)c1ccc(Cl)c(C(F)(F)F)c1)c1ccc(Cl)c(C(F)(F)F)c1. The minimum atomic E-state index is -4.70. The second kappa shape index (κ2) is 7.95. The minimum Gasteiger partial charge on any atom is -0.298 e. The van der Waals surface area contributed by atoms with Gasteiger partial charge in [0.2, 0.25) is 0 Å². The number of ketones is 1. The number of hydrogen-bond donors (Lipinski definition) is 0. The van der Waals surface area contributed by atoms with Gasteiger partial charge < -0.3 is 0 Å². The molecule has 0 bridgehead atoms. The van der Waals surface area contributed by atoms with E-state index in [4.69, 9.17) is 23.2 Å². The lowest BCUT2D eigenvalue weighted by molar-refractivity contribution is -0.138. The highest BCUT2D eigenvalue weighted by Crippen LogP contribution is 2.39. The van der Waals surface area contributed by atoms with Crippen LogP contribution in [-0.4, -0.2) is 5.78 Å². The summed E-state index contributed by atoms with van der Waals surface area (Å²) in [5, 5.41) is -1.01. The molecule has 2 atom stereocenters. The number of hydrogen-bond acceptors (Lipinski definition) is 1. The summed E-state index contributed by atoms with van der Waals surface area (Å²) in [6.07, 6.45) is -9.39. The Hall–Kier alpha value is -1.73. The van der Waals surface area contributed by atoms with Crippen molar-refractivity contribution in [1.29, 1.82) is 0 Å². The third-order valence-corrected chi connectivity index (χ3v) is 5.10. The average Bonchev–Trinajstić information content (AvgIpc) is 2.58. The Labute approximate surface area is 167 Å². The van der Waals surface area contributed by atoms with E-state index in [0.29, 0.717) is 0 Å². The molecule has 1 nitrogen and oxygen atoms in total. The molecule has 0 heterocycles. The van der Waals surface area contributed by atoms with E-state index in [1.54, 1.807) is 0 Å². The van der Waals surface area contributed by atoms with Gasteiger partial charge in [-0.3, -0.25) is 4.79 Å². The summed E-state index contributed by atoms with van der Waals surface area (Å²) in [6.45, 7) is 2.78. The highest BCUT2D eigenvalue weighted by molar-refractivity contribution is 6.31. The predicted molar refractivity (Wildman–Crippen MR) is 94.7 cm³/mol. The number of carbonyl (C=O) groups excluding carboxylic acids is 1. The average molecular weight is 443 g/mol. The maximum atomic E-state index is 13.0. The maximum Gasteiger partial charge on any atom is 0.417 e. The van der Waals surface area contributed by atoms with Crippen LogP contribution in [0, 0.1) is 0 Å². The smallest absolute Gasteiger partial charge is 0.298 e.